The lowest BCUT2D eigenvalue weighted by Crippen LogP contribution is -2.28. The van der Waals surface area contributed by atoms with Crippen molar-refractivity contribution in [2.24, 2.45) is 0 Å². The number of carbonyl (C=O) groups is 3. The van der Waals surface area contributed by atoms with Gasteiger partial charge in [-0.3, -0.25) is 9.59 Å². The highest BCUT2D eigenvalue weighted by Gasteiger charge is 2.37. The number of benzene rings is 2. The van der Waals surface area contributed by atoms with Crippen LogP contribution in [-0.4, -0.2) is 25.1 Å². The van der Waals surface area contributed by atoms with E-state index in [1.54, 1.807) is 48.5 Å². The third-order valence-corrected chi connectivity index (χ3v) is 3.56. The minimum absolute atomic E-state index is 0.0916. The molecular formula is C19H15NO6. The van der Waals surface area contributed by atoms with Gasteiger partial charge in [0.2, 0.25) is 0 Å². The van der Waals surface area contributed by atoms with Gasteiger partial charge >= 0.3 is 18.0 Å². The maximum atomic E-state index is 12.5. The summed E-state index contributed by atoms with van der Waals surface area (Å²) in [5, 5.41) is 0. The lowest BCUT2D eigenvalue weighted by atomic mass is 10.2. The fraction of sp³-hybridized carbons (Fsp3) is 0.105. The Kier molecular flexibility index (Phi) is 4.70. The average Bonchev–Trinajstić information content (AvgIpc) is 2.90. The molecule has 0 atom stereocenters. The van der Waals surface area contributed by atoms with E-state index < -0.39 is 18.0 Å². The Hall–Kier alpha value is -3.61. The van der Waals surface area contributed by atoms with Gasteiger partial charge in [0.05, 0.1) is 12.8 Å². The first-order valence-electron chi connectivity index (χ1n) is 7.68. The predicted molar refractivity (Wildman–Crippen MR) is 92.7 cm³/mol. The van der Waals surface area contributed by atoms with Crippen LogP contribution in [0.25, 0.3) is 6.08 Å². The molecule has 3 rings (SSSR count). The normalized spacial score (nSPS) is 15.2. The lowest BCUT2D eigenvalue weighted by molar-refractivity contribution is -0.131. The molecular weight excluding hydrogens is 338 g/mol. The van der Waals surface area contributed by atoms with Gasteiger partial charge in [0, 0.05) is 6.92 Å². The molecule has 2 aromatic carbocycles. The fourth-order valence-corrected chi connectivity index (χ4v) is 2.37. The van der Waals surface area contributed by atoms with Crippen LogP contribution in [0.2, 0.25) is 0 Å². The Bertz CT molecular complexity index is 883. The van der Waals surface area contributed by atoms with Crippen LogP contribution >= 0.6 is 0 Å². The van der Waals surface area contributed by atoms with Crippen LogP contribution in [0.15, 0.2) is 54.3 Å². The first kappa shape index (κ1) is 17.2. The first-order chi connectivity index (χ1) is 12.5. The highest BCUT2D eigenvalue weighted by Crippen LogP contribution is 2.28. The number of rotatable bonds is 4. The molecule has 1 aliphatic rings. The van der Waals surface area contributed by atoms with Crippen LogP contribution in [0, 0.1) is 0 Å². The number of methoxy groups -OCH3 is 1. The molecule has 0 aromatic heterocycles. The summed E-state index contributed by atoms with van der Waals surface area (Å²) < 4.78 is 15.1. The summed E-state index contributed by atoms with van der Waals surface area (Å²) in [7, 11) is 1.53. The summed E-state index contributed by atoms with van der Waals surface area (Å²) >= 11 is 0. The summed E-state index contributed by atoms with van der Waals surface area (Å²) in [6.07, 6.45) is 0.671. The summed E-state index contributed by atoms with van der Waals surface area (Å²) in [5.41, 5.74) is 1.00. The van der Waals surface area contributed by atoms with Crippen molar-refractivity contribution in [1.82, 2.24) is 0 Å². The second-order valence-electron chi connectivity index (χ2n) is 5.38. The molecule has 0 unspecified atom stereocenters. The molecule has 0 aliphatic carbocycles. The molecule has 132 valence electrons. The van der Waals surface area contributed by atoms with E-state index in [4.69, 9.17) is 14.2 Å². The molecule has 1 aliphatic heterocycles. The van der Waals surface area contributed by atoms with Crippen LogP contribution < -0.4 is 14.4 Å². The Morgan fingerprint density at radius 2 is 1.62 bits per heavy atom. The molecule has 0 saturated carbocycles. The van der Waals surface area contributed by atoms with Crippen molar-refractivity contribution < 1.29 is 28.6 Å². The molecule has 1 heterocycles. The molecule has 0 N–H and O–H groups in total. The largest absolute Gasteiger partial charge is 0.497 e. The van der Waals surface area contributed by atoms with Gasteiger partial charge in [-0.15, -0.1) is 0 Å². The van der Waals surface area contributed by atoms with Gasteiger partial charge in [0.15, 0.2) is 5.76 Å². The summed E-state index contributed by atoms with van der Waals surface area (Å²) in [4.78, 5) is 36.4. The molecule has 0 bridgehead atoms. The van der Waals surface area contributed by atoms with Gasteiger partial charge in [-0.1, -0.05) is 12.1 Å². The van der Waals surface area contributed by atoms with E-state index in [0.717, 1.165) is 4.90 Å². The zero-order valence-electron chi connectivity index (χ0n) is 14.1. The standard InChI is InChI=1S/C19H15NO6/c1-12(21)25-16-7-3-13(4-8-16)11-17-18(22)20(19(23)26-17)14-5-9-15(24-2)10-6-14/h3-11H,1-2H3. The Balaban J connectivity index is 1.81. The van der Waals surface area contributed by atoms with Gasteiger partial charge in [-0.05, 0) is 48.0 Å². The lowest BCUT2D eigenvalue weighted by Gasteiger charge is -2.10. The second-order valence-corrected chi connectivity index (χ2v) is 5.38. The van der Waals surface area contributed by atoms with Crippen LogP contribution in [0.3, 0.4) is 0 Å². The molecule has 0 radical (unpaired) electrons. The van der Waals surface area contributed by atoms with Crippen molar-refractivity contribution in [2.45, 2.75) is 6.92 Å². The first-order valence-corrected chi connectivity index (χ1v) is 7.68. The summed E-state index contributed by atoms with van der Waals surface area (Å²) in [6, 6.07) is 12.9. The van der Waals surface area contributed by atoms with Crippen LogP contribution in [0.1, 0.15) is 12.5 Å². The number of amides is 2. The monoisotopic (exact) mass is 353 g/mol. The van der Waals surface area contributed by atoms with E-state index in [1.165, 1.54) is 20.1 Å². The van der Waals surface area contributed by atoms with E-state index in [-0.39, 0.29) is 5.76 Å². The Morgan fingerprint density at radius 3 is 2.19 bits per heavy atom. The molecule has 2 amide bonds. The van der Waals surface area contributed by atoms with Gasteiger partial charge in [0.25, 0.3) is 0 Å². The minimum Gasteiger partial charge on any atom is -0.497 e. The molecule has 7 heteroatoms. The molecule has 7 nitrogen and oxygen atoms in total. The fourth-order valence-electron chi connectivity index (χ4n) is 2.37. The third kappa shape index (κ3) is 3.56. The van der Waals surface area contributed by atoms with E-state index in [9.17, 15) is 14.4 Å². The predicted octanol–water partition coefficient (Wildman–Crippen LogP) is 3.14. The highest BCUT2D eigenvalue weighted by molar-refractivity contribution is 6.24. The van der Waals surface area contributed by atoms with Crippen molar-refractivity contribution in [3.63, 3.8) is 0 Å². The number of anilines is 1. The zero-order valence-corrected chi connectivity index (χ0v) is 14.1. The third-order valence-electron chi connectivity index (χ3n) is 3.56. The molecule has 1 saturated heterocycles. The number of nitrogens with zero attached hydrogens (tertiary/aromatic N) is 1. The number of cyclic esters (lactones) is 1. The van der Waals surface area contributed by atoms with E-state index in [2.05, 4.69) is 0 Å². The maximum Gasteiger partial charge on any atom is 0.427 e. The molecule has 0 spiro atoms. The van der Waals surface area contributed by atoms with Crippen LogP contribution in [-0.2, 0) is 14.3 Å². The average molecular weight is 353 g/mol. The molecule has 26 heavy (non-hydrogen) atoms. The van der Waals surface area contributed by atoms with Crippen molar-refractivity contribution in [2.75, 3.05) is 12.0 Å². The zero-order chi connectivity index (χ0) is 18.7. The smallest absolute Gasteiger partial charge is 0.427 e. The number of imide groups is 1. The van der Waals surface area contributed by atoms with Crippen molar-refractivity contribution in [1.29, 1.82) is 0 Å². The molecule has 2 aromatic rings. The van der Waals surface area contributed by atoms with E-state index >= 15 is 0 Å². The number of hydrogen-bond acceptors (Lipinski definition) is 6. The van der Waals surface area contributed by atoms with E-state index in [1.807, 2.05) is 0 Å². The highest BCUT2D eigenvalue weighted by atomic mass is 16.6. The quantitative estimate of drug-likeness (QED) is 0.477. The van der Waals surface area contributed by atoms with Gasteiger partial charge in [0.1, 0.15) is 11.5 Å². The SMILES string of the molecule is COc1ccc(N2C(=O)OC(=Cc3ccc(OC(C)=O)cc3)C2=O)cc1. The molecule has 1 fully saturated rings. The number of ether oxygens (including phenoxy) is 3. The van der Waals surface area contributed by atoms with Crippen molar-refractivity contribution in [3.8, 4) is 11.5 Å². The van der Waals surface area contributed by atoms with Crippen LogP contribution in [0.4, 0.5) is 10.5 Å². The van der Waals surface area contributed by atoms with Crippen molar-refractivity contribution in [3.05, 3.63) is 59.9 Å². The summed E-state index contributed by atoms with van der Waals surface area (Å²) in [6.45, 7) is 1.31. The van der Waals surface area contributed by atoms with Gasteiger partial charge in [-0.25, -0.2) is 9.69 Å². The number of carbonyl (C=O) groups excluding carboxylic acids is 3. The number of esters is 1. The van der Waals surface area contributed by atoms with Gasteiger partial charge < -0.3 is 14.2 Å². The maximum absolute atomic E-state index is 12.5. The Morgan fingerprint density at radius 1 is 1.00 bits per heavy atom. The van der Waals surface area contributed by atoms with E-state index in [0.29, 0.717) is 22.7 Å². The Labute approximate surface area is 149 Å². The van der Waals surface area contributed by atoms with Gasteiger partial charge in [-0.2, -0.15) is 0 Å². The topological polar surface area (TPSA) is 82.1 Å². The second kappa shape index (κ2) is 7.10. The number of hydrogen-bond donors (Lipinski definition) is 0. The van der Waals surface area contributed by atoms with Crippen LogP contribution in [0.5, 0.6) is 11.5 Å². The summed E-state index contributed by atoms with van der Waals surface area (Å²) in [5.74, 6) is -0.0897. The van der Waals surface area contributed by atoms with Crippen molar-refractivity contribution >= 4 is 29.7 Å². The minimum atomic E-state index is -0.775.